The van der Waals surface area contributed by atoms with Crippen molar-refractivity contribution in [3.63, 3.8) is 0 Å². The van der Waals surface area contributed by atoms with Gasteiger partial charge >= 0.3 is 0 Å². The fourth-order valence-corrected chi connectivity index (χ4v) is 5.12. The number of thioether (sulfide) groups is 1. The number of amides is 2. The van der Waals surface area contributed by atoms with Gasteiger partial charge in [0.1, 0.15) is 6.04 Å². The van der Waals surface area contributed by atoms with Crippen LogP contribution < -0.4 is 10.2 Å². The third-order valence-electron chi connectivity index (χ3n) is 6.23. The van der Waals surface area contributed by atoms with Gasteiger partial charge < -0.3 is 19.9 Å². The Morgan fingerprint density at radius 1 is 1.05 bits per heavy atom. The molecule has 1 aliphatic heterocycles. The lowest BCUT2D eigenvalue weighted by Gasteiger charge is -2.29. The summed E-state index contributed by atoms with van der Waals surface area (Å²) in [5, 5.41) is 4.12. The number of halogens is 1. The van der Waals surface area contributed by atoms with Crippen molar-refractivity contribution in [2.45, 2.75) is 38.5 Å². The van der Waals surface area contributed by atoms with Gasteiger partial charge in [-0.15, -0.1) is 0 Å². The standard InChI is InChI=1S/C28H32ClN5O3S/c1-19-16-20(2)31-28(30-19)38-18-26(35)34(17-22-4-6-23(29)7-5-22)21(3)27(36)32-24-8-10-25(11-9-24)33-12-14-37-15-13-33/h4-11,16,21H,12-15,17-18H2,1-3H3,(H,32,36). The topological polar surface area (TPSA) is 87.7 Å². The lowest BCUT2D eigenvalue weighted by atomic mass is 10.1. The van der Waals surface area contributed by atoms with Crippen molar-refractivity contribution >= 4 is 46.6 Å². The molecule has 1 saturated heterocycles. The number of hydrogen-bond acceptors (Lipinski definition) is 7. The molecule has 2 amide bonds. The van der Waals surface area contributed by atoms with Gasteiger partial charge in [0.15, 0.2) is 5.16 Å². The highest BCUT2D eigenvalue weighted by Gasteiger charge is 2.27. The highest BCUT2D eigenvalue weighted by Crippen LogP contribution is 2.21. The summed E-state index contributed by atoms with van der Waals surface area (Å²) in [5.74, 6) is -0.334. The molecule has 0 aliphatic carbocycles. The minimum Gasteiger partial charge on any atom is -0.378 e. The van der Waals surface area contributed by atoms with Crippen LogP contribution in [-0.2, 0) is 20.9 Å². The first kappa shape index (κ1) is 27.9. The smallest absolute Gasteiger partial charge is 0.246 e. The molecule has 0 radical (unpaired) electrons. The number of hydrogen-bond donors (Lipinski definition) is 1. The van der Waals surface area contributed by atoms with E-state index in [1.54, 1.807) is 24.0 Å². The molecule has 1 fully saturated rings. The van der Waals surface area contributed by atoms with E-state index in [0.29, 0.717) is 29.1 Å². The van der Waals surface area contributed by atoms with Crippen LogP contribution in [0.25, 0.3) is 0 Å². The molecule has 1 aliphatic rings. The lowest BCUT2D eigenvalue weighted by Crippen LogP contribution is -2.46. The van der Waals surface area contributed by atoms with E-state index >= 15 is 0 Å². The van der Waals surface area contributed by atoms with Crippen molar-refractivity contribution in [3.8, 4) is 0 Å². The largest absolute Gasteiger partial charge is 0.378 e. The zero-order chi connectivity index (χ0) is 27.1. The van der Waals surface area contributed by atoms with Crippen LogP contribution >= 0.6 is 23.4 Å². The molecular formula is C28H32ClN5O3S. The summed E-state index contributed by atoms with van der Waals surface area (Å²) in [7, 11) is 0. The van der Waals surface area contributed by atoms with Gasteiger partial charge in [-0.1, -0.05) is 35.5 Å². The van der Waals surface area contributed by atoms with Crippen LogP contribution in [0.4, 0.5) is 11.4 Å². The SMILES string of the molecule is Cc1cc(C)nc(SCC(=O)N(Cc2ccc(Cl)cc2)C(C)C(=O)Nc2ccc(N3CCOCC3)cc2)n1. The summed E-state index contributed by atoms with van der Waals surface area (Å²) in [6.07, 6.45) is 0. The van der Waals surface area contributed by atoms with Gasteiger partial charge in [-0.3, -0.25) is 9.59 Å². The van der Waals surface area contributed by atoms with E-state index in [1.807, 2.05) is 56.3 Å². The van der Waals surface area contributed by atoms with Gasteiger partial charge in [-0.2, -0.15) is 0 Å². The average molecular weight is 554 g/mol. The van der Waals surface area contributed by atoms with Gasteiger partial charge in [0.2, 0.25) is 11.8 Å². The van der Waals surface area contributed by atoms with Crippen molar-refractivity contribution in [1.82, 2.24) is 14.9 Å². The Labute approximate surface area is 232 Å². The molecule has 1 aromatic heterocycles. The van der Waals surface area contributed by atoms with Gasteiger partial charge in [0, 0.05) is 47.4 Å². The van der Waals surface area contributed by atoms with Gasteiger partial charge in [0.25, 0.3) is 0 Å². The number of nitrogens with one attached hydrogen (secondary N) is 1. The quantitative estimate of drug-likeness (QED) is 0.303. The number of nitrogens with zero attached hydrogens (tertiary/aromatic N) is 4. The monoisotopic (exact) mass is 553 g/mol. The van der Waals surface area contributed by atoms with E-state index < -0.39 is 6.04 Å². The number of morpholine rings is 1. The maximum absolute atomic E-state index is 13.4. The van der Waals surface area contributed by atoms with Gasteiger partial charge in [0.05, 0.1) is 19.0 Å². The molecule has 10 heteroatoms. The van der Waals surface area contributed by atoms with Crippen molar-refractivity contribution in [2.24, 2.45) is 0 Å². The molecule has 8 nitrogen and oxygen atoms in total. The van der Waals surface area contributed by atoms with Crippen LogP contribution in [0.3, 0.4) is 0 Å². The molecule has 1 N–H and O–H groups in total. The van der Waals surface area contributed by atoms with E-state index in [-0.39, 0.29) is 24.1 Å². The average Bonchev–Trinajstić information content (AvgIpc) is 2.91. The fourth-order valence-electron chi connectivity index (χ4n) is 4.16. The predicted molar refractivity (Wildman–Crippen MR) is 152 cm³/mol. The van der Waals surface area contributed by atoms with E-state index in [1.165, 1.54) is 11.8 Å². The van der Waals surface area contributed by atoms with Crippen molar-refractivity contribution in [3.05, 3.63) is 76.6 Å². The molecule has 0 saturated carbocycles. The molecule has 38 heavy (non-hydrogen) atoms. The van der Waals surface area contributed by atoms with Crippen LogP contribution in [0.15, 0.2) is 59.8 Å². The number of aromatic nitrogens is 2. The number of anilines is 2. The Kier molecular flexibility index (Phi) is 9.60. The number of rotatable bonds is 9. The summed E-state index contributed by atoms with van der Waals surface area (Å²) in [4.78, 5) is 39.3. The molecule has 2 heterocycles. The first-order valence-corrected chi connectivity index (χ1v) is 13.9. The minimum atomic E-state index is -0.710. The van der Waals surface area contributed by atoms with Gasteiger partial charge in [-0.05, 0) is 68.8 Å². The minimum absolute atomic E-state index is 0.113. The Morgan fingerprint density at radius 2 is 1.68 bits per heavy atom. The Hall–Kier alpha value is -3.14. The summed E-state index contributed by atoms with van der Waals surface area (Å²) in [6, 6.07) is 16.2. The third kappa shape index (κ3) is 7.69. The van der Waals surface area contributed by atoms with Crippen LogP contribution in [0.5, 0.6) is 0 Å². The zero-order valence-electron chi connectivity index (χ0n) is 21.8. The highest BCUT2D eigenvalue weighted by molar-refractivity contribution is 7.99. The molecule has 4 rings (SSSR count). The van der Waals surface area contributed by atoms with E-state index in [4.69, 9.17) is 16.3 Å². The first-order valence-electron chi connectivity index (χ1n) is 12.5. The second-order valence-electron chi connectivity index (χ2n) is 9.18. The molecule has 1 unspecified atom stereocenters. The number of aryl methyl sites for hydroxylation is 2. The maximum atomic E-state index is 13.4. The van der Waals surface area contributed by atoms with Crippen LogP contribution in [-0.4, -0.2) is 64.8 Å². The van der Waals surface area contributed by atoms with E-state index in [2.05, 4.69) is 20.2 Å². The van der Waals surface area contributed by atoms with E-state index in [0.717, 1.165) is 35.7 Å². The zero-order valence-corrected chi connectivity index (χ0v) is 23.4. The van der Waals surface area contributed by atoms with Crippen molar-refractivity contribution in [1.29, 1.82) is 0 Å². The van der Waals surface area contributed by atoms with Crippen LogP contribution in [0, 0.1) is 13.8 Å². The van der Waals surface area contributed by atoms with Crippen molar-refractivity contribution < 1.29 is 14.3 Å². The Balaban J connectivity index is 1.45. The Bertz CT molecular complexity index is 1230. The van der Waals surface area contributed by atoms with Crippen molar-refractivity contribution in [2.75, 3.05) is 42.3 Å². The molecule has 200 valence electrons. The van der Waals surface area contributed by atoms with Gasteiger partial charge in [-0.25, -0.2) is 9.97 Å². The number of ether oxygens (including phenoxy) is 1. The number of carbonyl (C=O) groups excluding carboxylic acids is 2. The molecule has 2 aromatic carbocycles. The molecule has 3 aromatic rings. The second kappa shape index (κ2) is 13.1. The third-order valence-corrected chi connectivity index (χ3v) is 7.32. The Morgan fingerprint density at radius 3 is 2.32 bits per heavy atom. The number of benzene rings is 2. The summed E-state index contributed by atoms with van der Waals surface area (Å²) in [5.41, 5.74) is 4.33. The molecule has 1 atom stereocenters. The molecular weight excluding hydrogens is 522 g/mol. The lowest BCUT2D eigenvalue weighted by molar-refractivity contribution is -0.136. The second-order valence-corrected chi connectivity index (χ2v) is 10.6. The maximum Gasteiger partial charge on any atom is 0.246 e. The molecule has 0 bridgehead atoms. The predicted octanol–water partition coefficient (Wildman–Crippen LogP) is 4.73. The first-order chi connectivity index (χ1) is 18.3. The summed E-state index contributed by atoms with van der Waals surface area (Å²) >= 11 is 7.31. The van der Waals surface area contributed by atoms with Crippen LogP contribution in [0.1, 0.15) is 23.9 Å². The summed E-state index contributed by atoms with van der Waals surface area (Å²) in [6.45, 7) is 8.91. The number of carbonyl (C=O) groups is 2. The summed E-state index contributed by atoms with van der Waals surface area (Å²) < 4.78 is 5.42. The fraction of sp³-hybridized carbons (Fsp3) is 0.357. The highest BCUT2D eigenvalue weighted by atomic mass is 35.5. The normalized spacial score (nSPS) is 14.2. The van der Waals surface area contributed by atoms with E-state index in [9.17, 15) is 9.59 Å². The molecule has 0 spiro atoms. The van der Waals surface area contributed by atoms with Crippen LogP contribution in [0.2, 0.25) is 5.02 Å².